The van der Waals surface area contributed by atoms with Crippen molar-refractivity contribution < 1.29 is 104 Å². The van der Waals surface area contributed by atoms with Crippen molar-refractivity contribution in [3.05, 3.63) is 24.3 Å². The predicted octanol–water partition coefficient (Wildman–Crippen LogP) is 11.5. The van der Waals surface area contributed by atoms with Gasteiger partial charge in [0.05, 0.1) is 50.7 Å². The van der Waals surface area contributed by atoms with Crippen molar-refractivity contribution in [1.82, 2.24) is 10.6 Å². The first kappa shape index (κ1) is 95.4. The number of carbonyl (C=O) groups excluding carboxylic acids is 2. The Kier molecular flexibility index (Phi) is 55.0. The van der Waals surface area contributed by atoms with Crippen LogP contribution in [0.2, 0.25) is 0 Å². The Labute approximate surface area is 625 Å². The molecule has 14 N–H and O–H groups in total. The smallest absolute Gasteiger partial charge is 0.364 e. The molecule has 0 aromatic carbocycles. The second-order valence-corrected chi connectivity index (χ2v) is 30.3. The van der Waals surface area contributed by atoms with E-state index in [4.69, 9.17) is 28.4 Å². The van der Waals surface area contributed by atoms with E-state index in [1.807, 2.05) is 6.08 Å². The summed E-state index contributed by atoms with van der Waals surface area (Å²) in [5, 5.41) is 137. The van der Waals surface area contributed by atoms with E-state index in [0.29, 0.717) is 12.8 Å². The van der Waals surface area contributed by atoms with Crippen LogP contribution in [0.5, 0.6) is 0 Å². The molecule has 0 saturated carbocycles. The number of ether oxygens (including phenoxy) is 6. The van der Waals surface area contributed by atoms with Crippen molar-refractivity contribution in [2.24, 2.45) is 0 Å². The highest BCUT2D eigenvalue weighted by Crippen LogP contribution is 2.39. The second kappa shape index (κ2) is 60.0. The van der Waals surface area contributed by atoms with Gasteiger partial charge in [-0.1, -0.05) is 295 Å². The summed E-state index contributed by atoms with van der Waals surface area (Å²) in [6, 6.07) is -2.62. The molecule has 610 valence electrons. The van der Waals surface area contributed by atoms with E-state index in [1.165, 1.54) is 238 Å². The summed E-state index contributed by atoms with van der Waals surface area (Å²) in [7, 11) is 0. The van der Waals surface area contributed by atoms with Crippen molar-refractivity contribution in [1.29, 1.82) is 0 Å². The summed E-state index contributed by atoms with van der Waals surface area (Å²) in [6.45, 7) is 2.20. The molecule has 3 fully saturated rings. The zero-order valence-electron chi connectivity index (χ0n) is 64.6. The minimum Gasteiger partial charge on any atom is -0.477 e. The first-order valence-electron chi connectivity index (χ1n) is 41.7. The topological polar surface area (TPSA) is 373 Å². The fourth-order valence-electron chi connectivity index (χ4n) is 14.5. The van der Waals surface area contributed by atoms with Gasteiger partial charge >= 0.3 is 5.97 Å². The minimum absolute atomic E-state index is 0.199. The molecule has 0 aromatic rings. The van der Waals surface area contributed by atoms with Crippen LogP contribution in [-0.2, 0) is 42.8 Å². The molecule has 3 aliphatic heterocycles. The molecule has 3 aliphatic rings. The highest BCUT2D eigenvalue weighted by atomic mass is 16.8. The molecule has 3 saturated heterocycles. The van der Waals surface area contributed by atoms with Gasteiger partial charge in [0.1, 0.15) is 67.1 Å². The first-order chi connectivity index (χ1) is 50.4. The molecule has 18 unspecified atom stereocenters. The number of aliphatic carboxylic acids is 1. The molecular weight excluding hydrogens is 1340 g/mol. The van der Waals surface area contributed by atoms with Gasteiger partial charge in [0.15, 0.2) is 12.6 Å². The van der Waals surface area contributed by atoms with Gasteiger partial charge in [0, 0.05) is 19.8 Å². The molecule has 2 amide bonds. The molecule has 18 atom stereocenters. The molecule has 0 bridgehead atoms. The van der Waals surface area contributed by atoms with Gasteiger partial charge in [-0.05, 0) is 44.9 Å². The number of carboxylic acid groups (broad SMARTS) is 1. The summed E-state index contributed by atoms with van der Waals surface area (Å²) < 4.78 is 34.9. The largest absolute Gasteiger partial charge is 0.477 e. The van der Waals surface area contributed by atoms with Crippen LogP contribution in [0.25, 0.3) is 0 Å². The Morgan fingerprint density at radius 1 is 0.500 bits per heavy atom. The molecular formula is C81H150N2O21. The number of aliphatic hydroxyl groups is 11. The number of amides is 2. The third kappa shape index (κ3) is 39.7. The molecule has 104 heavy (non-hydrogen) atoms. The van der Waals surface area contributed by atoms with E-state index in [1.54, 1.807) is 6.08 Å². The van der Waals surface area contributed by atoms with Crippen LogP contribution < -0.4 is 10.6 Å². The quantitative estimate of drug-likeness (QED) is 0.0199. The van der Waals surface area contributed by atoms with E-state index in [0.717, 1.165) is 58.3 Å². The molecule has 3 heterocycles. The van der Waals surface area contributed by atoms with Gasteiger partial charge in [-0.3, -0.25) is 9.59 Å². The maximum Gasteiger partial charge on any atom is 0.364 e. The third-order valence-electron chi connectivity index (χ3n) is 21.1. The zero-order valence-corrected chi connectivity index (χ0v) is 64.6. The minimum atomic E-state index is -3.08. The van der Waals surface area contributed by atoms with Crippen molar-refractivity contribution in [2.75, 3.05) is 26.4 Å². The lowest BCUT2D eigenvalue weighted by Gasteiger charge is -2.50. The lowest BCUT2D eigenvalue weighted by Crippen LogP contribution is -2.70. The number of unbranched alkanes of at least 4 members (excludes halogenated alkanes) is 44. The number of carboxylic acids is 1. The van der Waals surface area contributed by atoms with Crippen molar-refractivity contribution >= 4 is 17.8 Å². The van der Waals surface area contributed by atoms with E-state index in [9.17, 15) is 75.7 Å². The van der Waals surface area contributed by atoms with Crippen LogP contribution in [0.4, 0.5) is 0 Å². The monoisotopic (exact) mass is 1490 g/mol. The average molecular weight is 1490 g/mol. The number of aliphatic hydroxyl groups excluding tert-OH is 11. The Morgan fingerprint density at radius 3 is 1.31 bits per heavy atom. The number of hydrogen-bond donors (Lipinski definition) is 14. The van der Waals surface area contributed by atoms with Crippen LogP contribution in [0, 0.1) is 0 Å². The Bertz CT molecular complexity index is 2170. The van der Waals surface area contributed by atoms with Gasteiger partial charge < -0.3 is 100 Å². The number of nitrogens with one attached hydrogen (secondary N) is 2. The number of rotatable bonds is 66. The third-order valence-corrected chi connectivity index (χ3v) is 21.1. The summed E-state index contributed by atoms with van der Waals surface area (Å²) in [5.74, 6) is -6.14. The van der Waals surface area contributed by atoms with Crippen molar-refractivity contribution in [2.45, 2.75) is 445 Å². The predicted molar refractivity (Wildman–Crippen MR) is 403 cm³/mol. The first-order valence-corrected chi connectivity index (χ1v) is 41.7. The SMILES string of the molecule is CCCCCCCCCCCCCC/C=C\CCCCCCCCCCCC(=O)NC(COC1OC(CO)C(OC2OC(CO)C(O)C(OC3(C(=O)O)CC(O)C(NC(C)=O)C(C(O)C(O)CO)O3)C2O)C(O)C1O)C(O)/C=C/CCCCCCCCCCCCCCCCCCCCCCCCC. The van der Waals surface area contributed by atoms with Crippen LogP contribution in [0.3, 0.4) is 0 Å². The zero-order chi connectivity index (χ0) is 76.0. The van der Waals surface area contributed by atoms with E-state index >= 15 is 0 Å². The molecule has 0 aliphatic carbocycles. The molecule has 23 heteroatoms. The lowest BCUT2D eigenvalue weighted by atomic mass is 9.88. The van der Waals surface area contributed by atoms with Crippen molar-refractivity contribution in [3.8, 4) is 0 Å². The van der Waals surface area contributed by atoms with Gasteiger partial charge in [-0.25, -0.2) is 4.79 Å². The Balaban J connectivity index is 1.51. The highest BCUT2D eigenvalue weighted by molar-refractivity contribution is 5.77. The second-order valence-electron chi connectivity index (χ2n) is 30.3. The standard InChI is InChI=1S/C81H150N2O21/c1-4-6-8-10-12-14-16-18-20-22-24-26-28-30-32-34-36-38-40-42-44-46-48-50-52-54-63(88)62(83-68(91)55-53-51-49-47-45-43-41-39-37-35-33-31-29-27-25-23-21-19-17-15-13-11-9-7-5-2)60-99-78-73(95)72(94)75(67(59-86)101-78)102-79-74(96)77(71(93)66(58-85)100-79)104-81(80(97)98)56-64(89)69(82-61(3)87)76(103-81)70(92)65(90)57-84/h31,33,52,54,62-67,69-79,84-86,88-90,92-96H,4-30,32,34-51,53,55-60H2,1-3H3,(H,82,87)(H,83,91)(H,97,98)/b33-31-,54-52+. The van der Waals surface area contributed by atoms with Crippen LogP contribution in [0.15, 0.2) is 24.3 Å². The van der Waals surface area contributed by atoms with Gasteiger partial charge in [0.25, 0.3) is 5.79 Å². The van der Waals surface area contributed by atoms with E-state index in [2.05, 4.69) is 36.6 Å². The maximum atomic E-state index is 13.6. The van der Waals surface area contributed by atoms with Crippen LogP contribution in [0.1, 0.15) is 335 Å². The van der Waals surface area contributed by atoms with Gasteiger partial charge in [-0.2, -0.15) is 0 Å². The Hall–Kier alpha value is -2.79. The molecule has 0 spiro atoms. The molecule has 0 aromatic heterocycles. The van der Waals surface area contributed by atoms with Crippen LogP contribution >= 0.6 is 0 Å². The fraction of sp³-hybridized carbons (Fsp3) is 0.914. The molecule has 23 nitrogen and oxygen atoms in total. The van der Waals surface area contributed by atoms with E-state index in [-0.39, 0.29) is 12.3 Å². The molecule has 0 radical (unpaired) electrons. The van der Waals surface area contributed by atoms with Gasteiger partial charge in [-0.15, -0.1) is 0 Å². The number of hydrogen-bond acceptors (Lipinski definition) is 20. The summed E-state index contributed by atoms with van der Waals surface area (Å²) in [6.07, 6.45) is 37.8. The fourth-order valence-corrected chi connectivity index (χ4v) is 14.5. The summed E-state index contributed by atoms with van der Waals surface area (Å²) in [4.78, 5) is 38.7. The Morgan fingerprint density at radius 2 is 0.904 bits per heavy atom. The maximum absolute atomic E-state index is 13.6. The highest BCUT2D eigenvalue weighted by Gasteiger charge is 2.60. The number of carbonyl (C=O) groups is 3. The lowest BCUT2D eigenvalue weighted by molar-refractivity contribution is -0.386. The van der Waals surface area contributed by atoms with Gasteiger partial charge in [0.2, 0.25) is 11.8 Å². The average Bonchev–Trinajstić information content (AvgIpc) is 0.756. The summed E-state index contributed by atoms with van der Waals surface area (Å²) in [5.41, 5.74) is 0. The van der Waals surface area contributed by atoms with Crippen molar-refractivity contribution in [3.63, 3.8) is 0 Å². The van der Waals surface area contributed by atoms with Crippen LogP contribution in [-0.4, -0.2) is 215 Å². The normalized spacial score (nSPS) is 26.5. The van der Waals surface area contributed by atoms with E-state index < -0.39 is 155 Å². The molecule has 3 rings (SSSR count). The summed E-state index contributed by atoms with van der Waals surface area (Å²) >= 11 is 0. The number of allylic oxidation sites excluding steroid dienone is 3.